The Morgan fingerprint density at radius 3 is 2.79 bits per heavy atom. The fraction of sp³-hybridized carbons (Fsp3) is 0.692. The van der Waals surface area contributed by atoms with Gasteiger partial charge in [-0.05, 0) is 31.1 Å². The topological polar surface area (TPSA) is 90.4 Å². The lowest BCUT2D eigenvalue weighted by Crippen LogP contribution is -2.30. The van der Waals surface area contributed by atoms with Gasteiger partial charge in [0.2, 0.25) is 0 Å². The Kier molecular flexibility index (Phi) is 4.55. The molecule has 2 unspecified atom stereocenters. The summed E-state index contributed by atoms with van der Waals surface area (Å²) in [6, 6.07) is 1.55. The molecule has 1 aromatic rings. The Bertz CT molecular complexity index is 423. The number of hydrogen-bond acceptors (Lipinski definition) is 5. The summed E-state index contributed by atoms with van der Waals surface area (Å²) in [6.45, 7) is 4.85. The van der Waals surface area contributed by atoms with Crippen molar-refractivity contribution in [3.05, 3.63) is 17.5 Å². The number of carbonyl (C=O) groups is 1. The van der Waals surface area contributed by atoms with E-state index in [1.165, 1.54) is 6.42 Å². The molecular formula is C13H21N3O3. The normalized spacial score (nSPS) is 27.2. The summed E-state index contributed by atoms with van der Waals surface area (Å²) in [4.78, 5) is 11.2. The molecule has 19 heavy (non-hydrogen) atoms. The van der Waals surface area contributed by atoms with Crippen LogP contribution in [0.1, 0.15) is 49.4 Å². The third-order valence-electron chi connectivity index (χ3n) is 3.52. The minimum atomic E-state index is -0.463. The molecule has 1 heterocycles. The fourth-order valence-corrected chi connectivity index (χ4v) is 2.77. The first kappa shape index (κ1) is 14.0. The highest BCUT2D eigenvalue weighted by Gasteiger charge is 2.24. The maximum atomic E-state index is 11.2. The summed E-state index contributed by atoms with van der Waals surface area (Å²) >= 11 is 0. The molecule has 0 bridgehead atoms. The van der Waals surface area contributed by atoms with Gasteiger partial charge in [-0.1, -0.05) is 19.0 Å². The van der Waals surface area contributed by atoms with Crippen LogP contribution >= 0.6 is 0 Å². The van der Waals surface area contributed by atoms with E-state index in [-0.39, 0.29) is 11.8 Å². The summed E-state index contributed by atoms with van der Waals surface area (Å²) in [5, 5.41) is 3.63. The van der Waals surface area contributed by atoms with Gasteiger partial charge in [-0.2, -0.15) is 0 Å². The SMILES string of the molecule is CC1CC(C)CC(OCc2cc(C(=O)NN)no2)C1. The molecule has 1 fully saturated rings. The molecule has 2 rings (SSSR count). The van der Waals surface area contributed by atoms with Gasteiger partial charge in [-0.25, -0.2) is 5.84 Å². The monoisotopic (exact) mass is 267 g/mol. The van der Waals surface area contributed by atoms with Gasteiger partial charge in [0.25, 0.3) is 5.91 Å². The second kappa shape index (κ2) is 6.16. The summed E-state index contributed by atoms with van der Waals surface area (Å²) < 4.78 is 10.9. The third-order valence-corrected chi connectivity index (χ3v) is 3.52. The molecule has 0 aliphatic heterocycles. The van der Waals surface area contributed by atoms with Crippen LogP contribution in [-0.2, 0) is 11.3 Å². The molecule has 1 aromatic heterocycles. The number of hydrazine groups is 1. The molecule has 2 atom stereocenters. The number of carbonyl (C=O) groups excluding carboxylic acids is 1. The van der Waals surface area contributed by atoms with Crippen LogP contribution in [0, 0.1) is 11.8 Å². The summed E-state index contributed by atoms with van der Waals surface area (Å²) in [6.07, 6.45) is 3.68. The van der Waals surface area contributed by atoms with Gasteiger partial charge < -0.3 is 9.26 Å². The van der Waals surface area contributed by atoms with Gasteiger partial charge in [-0.15, -0.1) is 0 Å². The van der Waals surface area contributed by atoms with Crippen LogP contribution in [0.2, 0.25) is 0 Å². The molecular weight excluding hydrogens is 246 g/mol. The smallest absolute Gasteiger partial charge is 0.287 e. The van der Waals surface area contributed by atoms with Crippen LogP contribution in [0.4, 0.5) is 0 Å². The maximum Gasteiger partial charge on any atom is 0.287 e. The number of rotatable bonds is 4. The zero-order chi connectivity index (χ0) is 13.8. The average Bonchev–Trinajstić information content (AvgIpc) is 2.83. The minimum Gasteiger partial charge on any atom is -0.370 e. The average molecular weight is 267 g/mol. The standard InChI is InChI=1S/C13H21N3O3/c1-8-3-9(2)5-10(4-8)18-7-11-6-12(16-19-11)13(17)15-14/h6,8-10H,3-5,7,14H2,1-2H3,(H,15,17). The largest absolute Gasteiger partial charge is 0.370 e. The van der Waals surface area contributed by atoms with E-state index in [0.717, 1.165) is 12.8 Å². The minimum absolute atomic E-state index is 0.173. The Balaban J connectivity index is 1.85. The van der Waals surface area contributed by atoms with Crippen LogP contribution in [-0.4, -0.2) is 17.2 Å². The lowest BCUT2D eigenvalue weighted by Gasteiger charge is -2.31. The van der Waals surface area contributed by atoms with Gasteiger partial charge in [0.1, 0.15) is 6.61 Å². The van der Waals surface area contributed by atoms with E-state index in [0.29, 0.717) is 24.2 Å². The van der Waals surface area contributed by atoms with E-state index >= 15 is 0 Å². The van der Waals surface area contributed by atoms with Crippen molar-refractivity contribution < 1.29 is 14.1 Å². The van der Waals surface area contributed by atoms with E-state index in [1.807, 2.05) is 5.43 Å². The second-order valence-electron chi connectivity index (χ2n) is 5.50. The number of nitrogen functional groups attached to an aromatic ring is 1. The Hall–Kier alpha value is -1.40. The van der Waals surface area contributed by atoms with E-state index in [9.17, 15) is 4.79 Å². The molecule has 1 aliphatic rings. The van der Waals surface area contributed by atoms with E-state index < -0.39 is 5.91 Å². The number of ether oxygens (including phenoxy) is 1. The van der Waals surface area contributed by atoms with Gasteiger partial charge in [0.15, 0.2) is 11.5 Å². The van der Waals surface area contributed by atoms with Gasteiger partial charge >= 0.3 is 0 Å². The molecule has 0 radical (unpaired) electrons. The highest BCUT2D eigenvalue weighted by molar-refractivity contribution is 5.91. The van der Waals surface area contributed by atoms with Crippen LogP contribution in [0.15, 0.2) is 10.6 Å². The highest BCUT2D eigenvalue weighted by atomic mass is 16.5. The Labute approximate surface area is 112 Å². The lowest BCUT2D eigenvalue weighted by atomic mass is 9.82. The molecule has 6 heteroatoms. The number of aromatic nitrogens is 1. The van der Waals surface area contributed by atoms with Crippen molar-refractivity contribution in [1.29, 1.82) is 0 Å². The number of nitrogens with one attached hydrogen (secondary N) is 1. The molecule has 1 aliphatic carbocycles. The Morgan fingerprint density at radius 1 is 1.47 bits per heavy atom. The number of hydrogen-bond donors (Lipinski definition) is 2. The van der Waals surface area contributed by atoms with Crippen LogP contribution in [0.5, 0.6) is 0 Å². The third kappa shape index (κ3) is 3.78. The summed E-state index contributed by atoms with van der Waals surface area (Å²) in [5.74, 6) is 6.50. The summed E-state index contributed by atoms with van der Waals surface area (Å²) in [7, 11) is 0. The molecule has 1 saturated carbocycles. The first-order valence-corrected chi connectivity index (χ1v) is 6.66. The predicted molar refractivity (Wildman–Crippen MR) is 68.9 cm³/mol. The first-order valence-electron chi connectivity index (χ1n) is 6.66. The molecule has 106 valence electrons. The van der Waals surface area contributed by atoms with Crippen molar-refractivity contribution in [1.82, 2.24) is 10.6 Å². The van der Waals surface area contributed by atoms with Gasteiger partial charge in [0, 0.05) is 6.07 Å². The van der Waals surface area contributed by atoms with Crippen molar-refractivity contribution >= 4 is 5.91 Å². The van der Waals surface area contributed by atoms with Gasteiger partial charge in [-0.3, -0.25) is 10.2 Å². The van der Waals surface area contributed by atoms with Crippen molar-refractivity contribution in [2.24, 2.45) is 17.7 Å². The maximum absolute atomic E-state index is 11.2. The molecule has 0 aromatic carbocycles. The van der Waals surface area contributed by atoms with E-state index in [1.54, 1.807) is 6.07 Å². The Morgan fingerprint density at radius 2 is 2.16 bits per heavy atom. The predicted octanol–water partition coefficient (Wildman–Crippen LogP) is 1.62. The van der Waals surface area contributed by atoms with Crippen LogP contribution < -0.4 is 11.3 Å². The number of amides is 1. The number of nitrogens with two attached hydrogens (primary N) is 1. The number of nitrogens with zero attached hydrogens (tertiary/aromatic N) is 1. The second-order valence-corrected chi connectivity index (χ2v) is 5.50. The first-order chi connectivity index (χ1) is 9.08. The molecule has 3 N–H and O–H groups in total. The van der Waals surface area contributed by atoms with Gasteiger partial charge in [0.05, 0.1) is 6.10 Å². The van der Waals surface area contributed by atoms with Crippen LogP contribution in [0.25, 0.3) is 0 Å². The van der Waals surface area contributed by atoms with E-state index in [4.69, 9.17) is 15.1 Å². The van der Waals surface area contributed by atoms with Crippen molar-refractivity contribution in [3.8, 4) is 0 Å². The molecule has 1 amide bonds. The lowest BCUT2D eigenvalue weighted by molar-refractivity contribution is -0.0172. The highest BCUT2D eigenvalue weighted by Crippen LogP contribution is 2.30. The van der Waals surface area contributed by atoms with Crippen LogP contribution in [0.3, 0.4) is 0 Å². The van der Waals surface area contributed by atoms with E-state index in [2.05, 4.69) is 19.0 Å². The fourth-order valence-electron chi connectivity index (χ4n) is 2.77. The molecule has 0 saturated heterocycles. The van der Waals surface area contributed by atoms with Crippen molar-refractivity contribution in [2.75, 3.05) is 0 Å². The zero-order valence-corrected chi connectivity index (χ0v) is 11.4. The van der Waals surface area contributed by atoms with Crippen molar-refractivity contribution in [2.45, 2.75) is 45.8 Å². The molecule has 6 nitrogen and oxygen atoms in total. The zero-order valence-electron chi connectivity index (χ0n) is 11.4. The molecule has 0 spiro atoms. The van der Waals surface area contributed by atoms with Crippen molar-refractivity contribution in [3.63, 3.8) is 0 Å². The quantitative estimate of drug-likeness (QED) is 0.491. The summed E-state index contributed by atoms with van der Waals surface area (Å²) in [5.41, 5.74) is 2.18.